The molecule has 1 atom stereocenters. The minimum atomic E-state index is 0.520. The molecule has 0 aliphatic carbocycles. The van der Waals surface area contributed by atoms with Gasteiger partial charge in [-0.3, -0.25) is 0 Å². The van der Waals surface area contributed by atoms with E-state index in [9.17, 15) is 0 Å². The third-order valence-corrected chi connectivity index (χ3v) is 2.02. The van der Waals surface area contributed by atoms with Crippen LogP contribution >= 0.6 is 0 Å². The molecular formula is C11H18N2. The summed E-state index contributed by atoms with van der Waals surface area (Å²) in [6.45, 7) is 4.38. The van der Waals surface area contributed by atoms with Crippen molar-refractivity contribution in [1.82, 2.24) is 0 Å². The summed E-state index contributed by atoms with van der Waals surface area (Å²) in [5.74, 6) is 0. The van der Waals surface area contributed by atoms with Crippen LogP contribution in [-0.4, -0.2) is 6.04 Å². The van der Waals surface area contributed by atoms with Gasteiger partial charge in [0.25, 0.3) is 0 Å². The van der Waals surface area contributed by atoms with Gasteiger partial charge < -0.3 is 11.1 Å². The van der Waals surface area contributed by atoms with E-state index < -0.39 is 0 Å². The molecular weight excluding hydrogens is 160 g/mol. The SMILES string of the molecule is CCCC(C)Nc1cccc(N)c1. The van der Waals surface area contributed by atoms with Gasteiger partial charge in [0.15, 0.2) is 0 Å². The fourth-order valence-corrected chi connectivity index (χ4v) is 1.42. The number of rotatable bonds is 4. The first-order valence-electron chi connectivity index (χ1n) is 4.84. The Morgan fingerprint density at radius 3 is 2.85 bits per heavy atom. The second-order valence-electron chi connectivity index (χ2n) is 3.46. The smallest absolute Gasteiger partial charge is 0.0362 e. The predicted octanol–water partition coefficient (Wildman–Crippen LogP) is 2.87. The molecule has 0 radical (unpaired) electrons. The van der Waals surface area contributed by atoms with Crippen LogP contribution in [0.25, 0.3) is 0 Å². The van der Waals surface area contributed by atoms with Gasteiger partial charge in [-0.05, 0) is 31.5 Å². The molecule has 1 rings (SSSR count). The molecule has 0 spiro atoms. The van der Waals surface area contributed by atoms with Crippen molar-refractivity contribution in [2.75, 3.05) is 11.1 Å². The van der Waals surface area contributed by atoms with Crippen molar-refractivity contribution in [3.05, 3.63) is 24.3 Å². The van der Waals surface area contributed by atoms with Crippen LogP contribution in [0.3, 0.4) is 0 Å². The summed E-state index contributed by atoms with van der Waals surface area (Å²) in [6, 6.07) is 8.40. The molecule has 0 amide bonds. The van der Waals surface area contributed by atoms with E-state index in [0.717, 1.165) is 11.4 Å². The maximum Gasteiger partial charge on any atom is 0.0362 e. The molecule has 0 bridgehead atoms. The molecule has 0 heterocycles. The Morgan fingerprint density at radius 2 is 2.23 bits per heavy atom. The van der Waals surface area contributed by atoms with Gasteiger partial charge in [-0.1, -0.05) is 19.4 Å². The number of nitrogens with two attached hydrogens (primary N) is 1. The van der Waals surface area contributed by atoms with Gasteiger partial charge >= 0.3 is 0 Å². The monoisotopic (exact) mass is 178 g/mol. The highest BCUT2D eigenvalue weighted by Gasteiger charge is 1.99. The van der Waals surface area contributed by atoms with Gasteiger partial charge in [0.2, 0.25) is 0 Å². The molecule has 2 nitrogen and oxygen atoms in total. The second-order valence-corrected chi connectivity index (χ2v) is 3.46. The highest BCUT2D eigenvalue weighted by Crippen LogP contribution is 2.13. The van der Waals surface area contributed by atoms with Crippen LogP contribution in [0.15, 0.2) is 24.3 Å². The van der Waals surface area contributed by atoms with Crippen LogP contribution in [0.4, 0.5) is 11.4 Å². The van der Waals surface area contributed by atoms with Crippen molar-refractivity contribution in [3.63, 3.8) is 0 Å². The third kappa shape index (κ3) is 3.36. The van der Waals surface area contributed by atoms with E-state index in [1.165, 1.54) is 12.8 Å². The van der Waals surface area contributed by atoms with E-state index in [-0.39, 0.29) is 0 Å². The van der Waals surface area contributed by atoms with E-state index in [2.05, 4.69) is 19.2 Å². The van der Waals surface area contributed by atoms with Gasteiger partial charge in [0.05, 0.1) is 0 Å². The molecule has 0 aliphatic heterocycles. The van der Waals surface area contributed by atoms with Crippen LogP contribution < -0.4 is 11.1 Å². The van der Waals surface area contributed by atoms with E-state index >= 15 is 0 Å². The van der Waals surface area contributed by atoms with Crippen LogP contribution in [0.5, 0.6) is 0 Å². The largest absolute Gasteiger partial charge is 0.399 e. The molecule has 13 heavy (non-hydrogen) atoms. The Balaban J connectivity index is 2.53. The standard InChI is InChI=1S/C11H18N2/c1-3-5-9(2)13-11-7-4-6-10(12)8-11/h4,6-9,13H,3,5,12H2,1-2H3. The second kappa shape index (κ2) is 4.75. The third-order valence-electron chi connectivity index (χ3n) is 2.02. The van der Waals surface area contributed by atoms with Crippen molar-refractivity contribution >= 4 is 11.4 Å². The number of nitrogen functional groups attached to an aromatic ring is 1. The van der Waals surface area contributed by atoms with Crippen molar-refractivity contribution in [1.29, 1.82) is 0 Å². The van der Waals surface area contributed by atoms with Crippen LogP contribution in [0.1, 0.15) is 26.7 Å². The Hall–Kier alpha value is -1.18. The molecule has 0 aliphatic rings. The topological polar surface area (TPSA) is 38.0 Å². The van der Waals surface area contributed by atoms with Gasteiger partial charge in [0.1, 0.15) is 0 Å². The van der Waals surface area contributed by atoms with Gasteiger partial charge in [-0.15, -0.1) is 0 Å². The van der Waals surface area contributed by atoms with Crippen molar-refractivity contribution in [2.24, 2.45) is 0 Å². The van der Waals surface area contributed by atoms with Gasteiger partial charge in [0, 0.05) is 17.4 Å². The summed E-state index contributed by atoms with van der Waals surface area (Å²) in [5.41, 5.74) is 7.59. The fourth-order valence-electron chi connectivity index (χ4n) is 1.42. The average molecular weight is 178 g/mol. The zero-order valence-corrected chi connectivity index (χ0v) is 8.38. The maximum absolute atomic E-state index is 5.67. The lowest BCUT2D eigenvalue weighted by Crippen LogP contribution is -2.14. The van der Waals surface area contributed by atoms with Crippen molar-refractivity contribution in [2.45, 2.75) is 32.7 Å². The van der Waals surface area contributed by atoms with E-state index in [0.29, 0.717) is 6.04 Å². The van der Waals surface area contributed by atoms with Crippen LogP contribution in [0, 0.1) is 0 Å². The molecule has 0 saturated carbocycles. The summed E-state index contributed by atoms with van der Waals surface area (Å²) in [4.78, 5) is 0. The quantitative estimate of drug-likeness (QED) is 0.696. The minimum absolute atomic E-state index is 0.520. The minimum Gasteiger partial charge on any atom is -0.399 e. The zero-order chi connectivity index (χ0) is 9.68. The first-order valence-corrected chi connectivity index (χ1v) is 4.84. The van der Waals surface area contributed by atoms with Crippen molar-refractivity contribution < 1.29 is 0 Å². The molecule has 0 fully saturated rings. The van der Waals surface area contributed by atoms with Gasteiger partial charge in [-0.2, -0.15) is 0 Å². The van der Waals surface area contributed by atoms with Gasteiger partial charge in [-0.25, -0.2) is 0 Å². The Labute approximate surface area is 80.1 Å². The summed E-state index contributed by atoms with van der Waals surface area (Å²) in [6.07, 6.45) is 2.39. The Morgan fingerprint density at radius 1 is 1.46 bits per heavy atom. The fraction of sp³-hybridized carbons (Fsp3) is 0.455. The summed E-state index contributed by atoms with van der Waals surface area (Å²) in [5, 5.41) is 3.40. The number of hydrogen-bond donors (Lipinski definition) is 2. The highest BCUT2D eigenvalue weighted by atomic mass is 14.9. The summed E-state index contributed by atoms with van der Waals surface area (Å²) >= 11 is 0. The lowest BCUT2D eigenvalue weighted by molar-refractivity contribution is 0.690. The van der Waals surface area contributed by atoms with E-state index in [1.54, 1.807) is 0 Å². The molecule has 3 N–H and O–H groups in total. The Bertz CT molecular complexity index is 258. The number of nitrogens with one attached hydrogen (secondary N) is 1. The first-order chi connectivity index (χ1) is 6.22. The molecule has 1 unspecified atom stereocenters. The number of anilines is 2. The van der Waals surface area contributed by atoms with Crippen molar-refractivity contribution in [3.8, 4) is 0 Å². The summed E-state index contributed by atoms with van der Waals surface area (Å²) < 4.78 is 0. The zero-order valence-electron chi connectivity index (χ0n) is 8.38. The average Bonchev–Trinajstić information content (AvgIpc) is 2.04. The first kappa shape index (κ1) is 9.90. The Kier molecular flexibility index (Phi) is 3.62. The predicted molar refractivity (Wildman–Crippen MR) is 58.8 cm³/mol. The molecule has 2 heteroatoms. The molecule has 0 aromatic heterocycles. The number of hydrogen-bond acceptors (Lipinski definition) is 2. The molecule has 1 aromatic carbocycles. The van der Waals surface area contributed by atoms with Crippen LogP contribution in [-0.2, 0) is 0 Å². The lowest BCUT2D eigenvalue weighted by atomic mass is 10.2. The van der Waals surface area contributed by atoms with Crippen LogP contribution in [0.2, 0.25) is 0 Å². The number of benzene rings is 1. The molecule has 1 aromatic rings. The molecule has 0 saturated heterocycles. The highest BCUT2D eigenvalue weighted by molar-refractivity contribution is 5.54. The normalized spacial score (nSPS) is 12.5. The lowest BCUT2D eigenvalue weighted by Gasteiger charge is -2.14. The molecule has 72 valence electrons. The van der Waals surface area contributed by atoms with E-state index in [4.69, 9.17) is 5.73 Å². The summed E-state index contributed by atoms with van der Waals surface area (Å²) in [7, 11) is 0. The maximum atomic E-state index is 5.67. The van der Waals surface area contributed by atoms with E-state index in [1.807, 2.05) is 24.3 Å².